The Morgan fingerprint density at radius 1 is 1.08 bits per heavy atom. The average molecular weight is 322 g/mol. The molecule has 0 radical (unpaired) electrons. The molecule has 0 spiro atoms. The van der Waals surface area contributed by atoms with Crippen LogP contribution in [-0.4, -0.2) is 11.1 Å². The first kappa shape index (κ1) is 16.3. The molecule has 0 saturated heterocycles. The number of hydrogen-bond acceptors (Lipinski definition) is 3. The van der Waals surface area contributed by atoms with Crippen LogP contribution in [0.15, 0.2) is 59.5 Å². The monoisotopic (exact) mass is 322 g/mol. The summed E-state index contributed by atoms with van der Waals surface area (Å²) in [6, 6.07) is 15.8. The number of rotatable bonds is 6. The average Bonchev–Trinajstić information content (AvgIpc) is 2.61. The molecular formula is C20H22N2O2. The van der Waals surface area contributed by atoms with Crippen LogP contribution in [0.4, 0.5) is 0 Å². The molecule has 0 aliphatic heterocycles. The molecular weight excluding hydrogens is 300 g/mol. The fourth-order valence-electron chi connectivity index (χ4n) is 2.64. The van der Waals surface area contributed by atoms with Gasteiger partial charge in [-0.25, -0.2) is 0 Å². The van der Waals surface area contributed by atoms with Gasteiger partial charge in [0.15, 0.2) is 0 Å². The molecule has 0 aliphatic carbocycles. The number of hydrogen-bond donors (Lipinski definition) is 1. The number of ether oxygens (including phenoxy) is 1. The topological polar surface area (TPSA) is 57.2 Å². The van der Waals surface area contributed by atoms with Gasteiger partial charge in [-0.05, 0) is 55.1 Å². The summed E-state index contributed by atoms with van der Waals surface area (Å²) in [6.45, 7) is 3.81. The van der Waals surface area contributed by atoms with E-state index in [2.05, 4.69) is 31.2 Å². The highest BCUT2D eigenvalue weighted by atomic mass is 16.5. The van der Waals surface area contributed by atoms with Crippen LogP contribution in [0.25, 0.3) is 10.8 Å². The zero-order chi connectivity index (χ0) is 16.9. The lowest BCUT2D eigenvalue weighted by atomic mass is 10.1. The summed E-state index contributed by atoms with van der Waals surface area (Å²) in [4.78, 5) is 12.4. The maximum absolute atomic E-state index is 12.4. The maximum atomic E-state index is 12.4. The van der Waals surface area contributed by atoms with Crippen molar-refractivity contribution < 1.29 is 4.74 Å². The predicted octanol–water partition coefficient (Wildman–Crippen LogP) is 3.24. The van der Waals surface area contributed by atoms with Crippen molar-refractivity contribution in [2.45, 2.75) is 26.5 Å². The first-order valence-corrected chi connectivity index (χ1v) is 8.19. The van der Waals surface area contributed by atoms with Gasteiger partial charge in [0.05, 0.1) is 0 Å². The molecule has 0 amide bonds. The van der Waals surface area contributed by atoms with Gasteiger partial charge in [0.2, 0.25) is 0 Å². The standard InChI is InChI=1S/C20H22N2O2/c1-15-3-5-16(6-4-15)14-24-18-7-8-19-17(13-18)9-12-22(20(19)23)11-2-10-21/h3-9,12-13H,2,10-11,14,21H2,1H3. The van der Waals surface area contributed by atoms with E-state index in [4.69, 9.17) is 10.5 Å². The SMILES string of the molecule is Cc1ccc(COc2ccc3c(=O)n(CCCN)ccc3c2)cc1. The highest BCUT2D eigenvalue weighted by Gasteiger charge is 2.04. The Kier molecular flexibility index (Phi) is 4.96. The molecule has 1 heterocycles. The zero-order valence-electron chi connectivity index (χ0n) is 13.9. The smallest absolute Gasteiger partial charge is 0.258 e. The van der Waals surface area contributed by atoms with Crippen molar-refractivity contribution in [3.63, 3.8) is 0 Å². The van der Waals surface area contributed by atoms with E-state index < -0.39 is 0 Å². The number of aryl methyl sites for hydroxylation is 2. The Morgan fingerprint density at radius 3 is 2.62 bits per heavy atom. The second-order valence-corrected chi connectivity index (χ2v) is 5.98. The van der Waals surface area contributed by atoms with Gasteiger partial charge in [-0.1, -0.05) is 29.8 Å². The van der Waals surface area contributed by atoms with Crippen LogP contribution in [0.1, 0.15) is 17.5 Å². The van der Waals surface area contributed by atoms with Crippen LogP contribution in [0.2, 0.25) is 0 Å². The molecule has 0 atom stereocenters. The van der Waals surface area contributed by atoms with Crippen molar-refractivity contribution in [2.75, 3.05) is 6.54 Å². The number of aromatic nitrogens is 1. The molecule has 0 unspecified atom stereocenters. The molecule has 2 N–H and O–H groups in total. The van der Waals surface area contributed by atoms with Crippen molar-refractivity contribution in [1.29, 1.82) is 0 Å². The highest BCUT2D eigenvalue weighted by molar-refractivity contribution is 5.82. The molecule has 3 rings (SSSR count). The summed E-state index contributed by atoms with van der Waals surface area (Å²) in [6.07, 6.45) is 2.62. The molecule has 0 fully saturated rings. The fourth-order valence-corrected chi connectivity index (χ4v) is 2.64. The molecule has 3 aromatic rings. The molecule has 1 aromatic heterocycles. The van der Waals surface area contributed by atoms with Crippen LogP contribution in [-0.2, 0) is 13.2 Å². The van der Waals surface area contributed by atoms with E-state index in [0.717, 1.165) is 23.1 Å². The summed E-state index contributed by atoms with van der Waals surface area (Å²) in [5.41, 5.74) is 7.89. The van der Waals surface area contributed by atoms with Crippen molar-refractivity contribution in [3.05, 3.63) is 76.2 Å². The molecule has 4 nitrogen and oxygen atoms in total. The summed E-state index contributed by atoms with van der Waals surface area (Å²) in [7, 11) is 0. The van der Waals surface area contributed by atoms with Gasteiger partial charge in [-0.2, -0.15) is 0 Å². The Morgan fingerprint density at radius 2 is 1.88 bits per heavy atom. The minimum atomic E-state index is 0.0195. The van der Waals surface area contributed by atoms with Gasteiger partial charge in [-0.3, -0.25) is 4.79 Å². The molecule has 2 aromatic carbocycles. The van der Waals surface area contributed by atoms with Gasteiger partial charge in [0.25, 0.3) is 5.56 Å². The minimum Gasteiger partial charge on any atom is -0.489 e. The van der Waals surface area contributed by atoms with Gasteiger partial charge in [0.1, 0.15) is 12.4 Å². The Labute approximate surface area is 141 Å². The third-order valence-corrected chi connectivity index (χ3v) is 4.08. The van der Waals surface area contributed by atoms with Crippen LogP contribution < -0.4 is 16.0 Å². The largest absolute Gasteiger partial charge is 0.489 e. The van der Waals surface area contributed by atoms with Crippen molar-refractivity contribution in [1.82, 2.24) is 4.57 Å². The lowest BCUT2D eigenvalue weighted by Crippen LogP contribution is -2.20. The van der Waals surface area contributed by atoms with Gasteiger partial charge >= 0.3 is 0 Å². The zero-order valence-corrected chi connectivity index (χ0v) is 13.9. The second-order valence-electron chi connectivity index (χ2n) is 5.98. The van der Waals surface area contributed by atoms with Gasteiger partial charge in [-0.15, -0.1) is 0 Å². The maximum Gasteiger partial charge on any atom is 0.258 e. The molecule has 0 bridgehead atoms. The van der Waals surface area contributed by atoms with Crippen LogP contribution in [0, 0.1) is 6.92 Å². The highest BCUT2D eigenvalue weighted by Crippen LogP contribution is 2.19. The number of benzene rings is 2. The Balaban J connectivity index is 1.78. The van der Waals surface area contributed by atoms with Crippen LogP contribution in [0.5, 0.6) is 5.75 Å². The summed E-state index contributed by atoms with van der Waals surface area (Å²) >= 11 is 0. The third-order valence-electron chi connectivity index (χ3n) is 4.08. The summed E-state index contributed by atoms with van der Waals surface area (Å²) in [5, 5.41) is 1.60. The van der Waals surface area contributed by atoms with Gasteiger partial charge < -0.3 is 15.0 Å². The molecule has 24 heavy (non-hydrogen) atoms. The quantitative estimate of drug-likeness (QED) is 0.758. The first-order chi connectivity index (χ1) is 11.7. The Hall–Kier alpha value is -2.59. The molecule has 0 aliphatic rings. The van der Waals surface area contributed by atoms with E-state index in [1.54, 1.807) is 4.57 Å². The lowest BCUT2D eigenvalue weighted by Gasteiger charge is -2.09. The van der Waals surface area contributed by atoms with Crippen molar-refractivity contribution in [3.8, 4) is 5.75 Å². The van der Waals surface area contributed by atoms with Crippen molar-refractivity contribution in [2.24, 2.45) is 5.73 Å². The normalized spacial score (nSPS) is 10.9. The number of fused-ring (bicyclic) bond motifs is 1. The van der Waals surface area contributed by atoms with E-state index in [1.165, 1.54) is 5.56 Å². The fraction of sp³-hybridized carbons (Fsp3) is 0.250. The number of pyridine rings is 1. The number of nitrogens with two attached hydrogens (primary N) is 1. The summed E-state index contributed by atoms with van der Waals surface area (Å²) in [5.74, 6) is 0.766. The van der Waals surface area contributed by atoms with E-state index in [1.807, 2.05) is 30.5 Å². The first-order valence-electron chi connectivity index (χ1n) is 8.19. The van der Waals surface area contributed by atoms with E-state index in [-0.39, 0.29) is 5.56 Å². The third kappa shape index (κ3) is 3.66. The second kappa shape index (κ2) is 7.32. The lowest BCUT2D eigenvalue weighted by molar-refractivity contribution is 0.306. The van der Waals surface area contributed by atoms with Crippen molar-refractivity contribution >= 4 is 10.8 Å². The predicted molar refractivity (Wildman–Crippen MR) is 97.4 cm³/mol. The summed E-state index contributed by atoms with van der Waals surface area (Å²) < 4.78 is 7.56. The van der Waals surface area contributed by atoms with E-state index in [9.17, 15) is 4.79 Å². The van der Waals surface area contributed by atoms with E-state index >= 15 is 0 Å². The van der Waals surface area contributed by atoms with Gasteiger partial charge in [0, 0.05) is 18.1 Å². The number of nitrogens with zero attached hydrogens (tertiary/aromatic N) is 1. The molecule has 124 valence electrons. The molecule has 0 saturated carbocycles. The van der Waals surface area contributed by atoms with E-state index in [0.29, 0.717) is 25.1 Å². The minimum absolute atomic E-state index is 0.0195. The Bertz CT molecular complexity index is 882. The van der Waals surface area contributed by atoms with Crippen LogP contribution in [0.3, 0.4) is 0 Å². The molecule has 4 heteroatoms. The van der Waals surface area contributed by atoms with Crippen LogP contribution >= 0.6 is 0 Å².